The monoisotopic (exact) mass is 265 g/mol. The van der Waals surface area contributed by atoms with Crippen LogP contribution in [-0.2, 0) is 0 Å². The van der Waals surface area contributed by atoms with E-state index in [9.17, 15) is 0 Å². The number of pyridine rings is 1. The predicted octanol–water partition coefficient (Wildman–Crippen LogP) is 3.60. The number of fused-ring (bicyclic) bond motifs is 4. The first-order valence-corrected chi connectivity index (χ1v) is 6.90. The molecule has 0 saturated carbocycles. The Morgan fingerprint density at radius 3 is 2.95 bits per heavy atom. The van der Waals surface area contributed by atoms with Gasteiger partial charge in [0.25, 0.3) is 0 Å². The average Bonchev–Trinajstić information content (AvgIpc) is 2.46. The van der Waals surface area contributed by atoms with E-state index in [1.165, 1.54) is 11.3 Å². The lowest BCUT2D eigenvalue weighted by molar-refractivity contribution is 1.11. The number of benzene rings is 1. The summed E-state index contributed by atoms with van der Waals surface area (Å²) in [4.78, 5) is 12.5. The number of aromatic nitrogens is 1. The fourth-order valence-corrected chi connectivity index (χ4v) is 3.38. The molecular formula is C15H11N3S. The van der Waals surface area contributed by atoms with Gasteiger partial charge in [0.1, 0.15) is 5.03 Å². The lowest BCUT2D eigenvalue weighted by Crippen LogP contribution is -2.22. The zero-order chi connectivity index (χ0) is 12.8. The number of hydrogen-bond donors (Lipinski definition) is 0. The molecular weight excluding hydrogens is 254 g/mol. The van der Waals surface area contributed by atoms with Gasteiger partial charge >= 0.3 is 0 Å². The second-order valence-corrected chi connectivity index (χ2v) is 5.54. The van der Waals surface area contributed by atoms with Crippen molar-refractivity contribution in [2.45, 2.75) is 5.03 Å². The highest BCUT2D eigenvalue weighted by atomic mass is 32.2. The molecule has 0 radical (unpaired) electrons. The van der Waals surface area contributed by atoms with Crippen LogP contribution in [0.5, 0.6) is 0 Å². The Hall–Kier alpha value is -2.07. The van der Waals surface area contributed by atoms with E-state index in [4.69, 9.17) is 4.99 Å². The average molecular weight is 265 g/mol. The zero-order valence-corrected chi connectivity index (χ0v) is 11.2. The number of hydrogen-bond acceptors (Lipinski definition) is 4. The van der Waals surface area contributed by atoms with Crippen molar-refractivity contribution in [3.63, 3.8) is 0 Å². The first-order valence-electron chi connectivity index (χ1n) is 6.09. The van der Waals surface area contributed by atoms with Crippen LogP contribution in [0, 0.1) is 0 Å². The molecule has 0 aliphatic carbocycles. The molecule has 92 valence electrons. The maximum absolute atomic E-state index is 4.78. The molecule has 0 atom stereocenters. The molecule has 0 saturated heterocycles. The second-order valence-electron chi connectivity index (χ2n) is 4.51. The van der Waals surface area contributed by atoms with Crippen LogP contribution < -0.4 is 4.90 Å². The van der Waals surface area contributed by atoms with Crippen LogP contribution >= 0.6 is 11.8 Å². The molecule has 19 heavy (non-hydrogen) atoms. The summed E-state index contributed by atoms with van der Waals surface area (Å²) in [6.07, 6.45) is 3.94. The van der Waals surface area contributed by atoms with Crippen molar-refractivity contribution in [2.24, 2.45) is 4.99 Å². The van der Waals surface area contributed by atoms with Gasteiger partial charge in [-0.15, -0.1) is 0 Å². The molecule has 1 aromatic heterocycles. The molecule has 2 aliphatic rings. The SMILES string of the molecule is CN1C=C2Sc3ncccc3N=C2c2ccccc21. The van der Waals surface area contributed by atoms with E-state index in [2.05, 4.69) is 47.4 Å². The maximum Gasteiger partial charge on any atom is 0.127 e. The fourth-order valence-electron chi connectivity index (χ4n) is 2.38. The third-order valence-corrected chi connectivity index (χ3v) is 4.30. The number of nitrogens with zero attached hydrogens (tertiary/aromatic N) is 3. The number of thioether (sulfide) groups is 1. The minimum absolute atomic E-state index is 0.957. The van der Waals surface area contributed by atoms with Gasteiger partial charge in [0.15, 0.2) is 0 Å². The molecule has 0 bridgehead atoms. The molecule has 2 aliphatic heterocycles. The van der Waals surface area contributed by atoms with Crippen molar-refractivity contribution < 1.29 is 0 Å². The largest absolute Gasteiger partial charge is 0.349 e. The molecule has 1 aromatic carbocycles. The maximum atomic E-state index is 4.78. The predicted molar refractivity (Wildman–Crippen MR) is 79.2 cm³/mol. The van der Waals surface area contributed by atoms with Crippen LogP contribution in [0.25, 0.3) is 0 Å². The molecule has 2 aromatic rings. The van der Waals surface area contributed by atoms with Crippen LogP contribution in [0.15, 0.2) is 63.7 Å². The van der Waals surface area contributed by atoms with Gasteiger partial charge in [0.05, 0.1) is 16.3 Å². The third-order valence-electron chi connectivity index (χ3n) is 3.27. The van der Waals surface area contributed by atoms with E-state index in [1.54, 1.807) is 11.8 Å². The van der Waals surface area contributed by atoms with Gasteiger partial charge in [-0.3, -0.25) is 0 Å². The summed E-state index contributed by atoms with van der Waals surface area (Å²) < 4.78 is 0. The van der Waals surface area contributed by atoms with E-state index >= 15 is 0 Å². The van der Waals surface area contributed by atoms with Gasteiger partial charge < -0.3 is 4.90 Å². The Balaban J connectivity index is 1.97. The molecule has 3 heterocycles. The van der Waals surface area contributed by atoms with E-state index < -0.39 is 0 Å². The highest BCUT2D eigenvalue weighted by Gasteiger charge is 2.26. The third kappa shape index (κ3) is 1.60. The molecule has 3 nitrogen and oxygen atoms in total. The lowest BCUT2D eigenvalue weighted by atomic mass is 10.0. The second kappa shape index (κ2) is 3.96. The number of allylic oxidation sites excluding steroid dienone is 1. The molecule has 0 N–H and O–H groups in total. The summed E-state index contributed by atoms with van der Waals surface area (Å²) >= 11 is 1.69. The first-order chi connectivity index (χ1) is 9.33. The Labute approximate surface area is 115 Å². The quantitative estimate of drug-likeness (QED) is 0.728. The lowest BCUT2D eigenvalue weighted by Gasteiger charge is -2.28. The summed E-state index contributed by atoms with van der Waals surface area (Å²) in [6, 6.07) is 12.3. The van der Waals surface area contributed by atoms with E-state index in [1.807, 2.05) is 18.3 Å². The van der Waals surface area contributed by atoms with E-state index in [-0.39, 0.29) is 0 Å². The normalized spacial score (nSPS) is 15.9. The molecule has 0 fully saturated rings. The van der Waals surface area contributed by atoms with Crippen molar-refractivity contribution in [3.8, 4) is 0 Å². The first kappa shape index (κ1) is 10.8. The Bertz CT molecular complexity index is 734. The van der Waals surface area contributed by atoms with Gasteiger partial charge in [0, 0.05) is 30.7 Å². The summed E-state index contributed by atoms with van der Waals surface area (Å²) in [5.74, 6) is 0. The molecule has 0 spiro atoms. The van der Waals surface area contributed by atoms with Crippen molar-refractivity contribution in [1.82, 2.24) is 4.98 Å². The fraction of sp³-hybridized carbons (Fsp3) is 0.0667. The van der Waals surface area contributed by atoms with Crippen molar-refractivity contribution >= 4 is 28.8 Å². The Kier molecular flexibility index (Phi) is 2.26. The van der Waals surface area contributed by atoms with Gasteiger partial charge in [-0.1, -0.05) is 30.0 Å². The van der Waals surface area contributed by atoms with Crippen molar-refractivity contribution in [3.05, 3.63) is 59.3 Å². The smallest absolute Gasteiger partial charge is 0.127 e. The van der Waals surface area contributed by atoms with Crippen molar-refractivity contribution in [1.29, 1.82) is 0 Å². The van der Waals surface area contributed by atoms with Gasteiger partial charge in [-0.2, -0.15) is 0 Å². The van der Waals surface area contributed by atoms with E-state index in [0.29, 0.717) is 0 Å². The van der Waals surface area contributed by atoms with Crippen LogP contribution in [0.3, 0.4) is 0 Å². The highest BCUT2D eigenvalue weighted by Crippen LogP contribution is 2.43. The van der Waals surface area contributed by atoms with Crippen molar-refractivity contribution in [2.75, 3.05) is 11.9 Å². The topological polar surface area (TPSA) is 28.5 Å². The van der Waals surface area contributed by atoms with Crippen LogP contribution in [-0.4, -0.2) is 17.7 Å². The number of para-hydroxylation sites is 1. The summed E-state index contributed by atoms with van der Waals surface area (Å²) in [6.45, 7) is 0. The highest BCUT2D eigenvalue weighted by molar-refractivity contribution is 8.04. The Morgan fingerprint density at radius 2 is 2.00 bits per heavy atom. The number of anilines is 1. The summed E-state index contributed by atoms with van der Waals surface area (Å²) in [5, 5.41) is 0.977. The number of rotatable bonds is 0. The van der Waals surface area contributed by atoms with E-state index in [0.717, 1.165) is 21.3 Å². The molecule has 0 amide bonds. The summed E-state index contributed by atoms with van der Waals surface area (Å²) in [5.41, 5.74) is 4.39. The molecule has 0 unspecified atom stereocenters. The van der Waals surface area contributed by atoms with Crippen LogP contribution in [0.1, 0.15) is 5.56 Å². The summed E-state index contributed by atoms with van der Waals surface area (Å²) in [7, 11) is 2.07. The zero-order valence-electron chi connectivity index (χ0n) is 10.4. The minimum Gasteiger partial charge on any atom is -0.349 e. The minimum atomic E-state index is 0.957. The molecule has 4 rings (SSSR count). The molecule has 4 heteroatoms. The van der Waals surface area contributed by atoms with Gasteiger partial charge in [0.2, 0.25) is 0 Å². The van der Waals surface area contributed by atoms with Crippen LogP contribution in [0.2, 0.25) is 0 Å². The number of aliphatic imine (C=N–C) groups is 1. The van der Waals surface area contributed by atoms with Crippen LogP contribution in [0.4, 0.5) is 11.4 Å². The Morgan fingerprint density at radius 1 is 1.11 bits per heavy atom. The standard InChI is InChI=1S/C15H11N3S/c1-18-9-13-14(10-5-2-3-7-12(10)18)17-11-6-4-8-16-15(11)19-13/h2-9H,1H3. The van der Waals surface area contributed by atoms with Gasteiger partial charge in [-0.05, 0) is 18.2 Å². The van der Waals surface area contributed by atoms with Gasteiger partial charge in [-0.25, -0.2) is 9.98 Å².